The number of hydrogen-bond acceptors (Lipinski definition) is 7. The lowest BCUT2D eigenvalue weighted by molar-refractivity contribution is 0.0687. The van der Waals surface area contributed by atoms with E-state index < -0.39 is 18.1 Å². The van der Waals surface area contributed by atoms with Gasteiger partial charge in [0.1, 0.15) is 29.1 Å². The van der Waals surface area contributed by atoms with Crippen molar-refractivity contribution in [2.75, 3.05) is 30.9 Å². The summed E-state index contributed by atoms with van der Waals surface area (Å²) in [5, 5.41) is 13.1. The number of anilines is 3. The SMILES string of the molecule is CNc1cc(Nc2cccn(C3CCOCC3)c2=O)nc2c(C(=O)N[C@@H]3CC[C@@H]3F)cnn12. The lowest BCUT2D eigenvalue weighted by Crippen LogP contribution is -2.48. The molecule has 2 aliphatic rings. The van der Waals surface area contributed by atoms with Crippen LogP contribution in [-0.4, -0.2) is 57.5 Å². The Morgan fingerprint density at radius 3 is 2.76 bits per heavy atom. The van der Waals surface area contributed by atoms with Crippen LogP contribution in [0.5, 0.6) is 0 Å². The monoisotopic (exact) mass is 455 g/mol. The summed E-state index contributed by atoms with van der Waals surface area (Å²) >= 11 is 0. The number of pyridine rings is 1. The number of alkyl halides is 1. The first-order valence-electron chi connectivity index (χ1n) is 11.1. The van der Waals surface area contributed by atoms with E-state index in [2.05, 4.69) is 26.0 Å². The van der Waals surface area contributed by atoms with Gasteiger partial charge in [-0.25, -0.2) is 9.37 Å². The molecule has 0 spiro atoms. The summed E-state index contributed by atoms with van der Waals surface area (Å²) in [4.78, 5) is 30.4. The van der Waals surface area contributed by atoms with E-state index >= 15 is 0 Å². The maximum absolute atomic E-state index is 13.6. The topological polar surface area (TPSA) is 115 Å². The quantitative estimate of drug-likeness (QED) is 0.522. The van der Waals surface area contributed by atoms with Gasteiger partial charge in [-0.1, -0.05) is 0 Å². The van der Waals surface area contributed by atoms with Gasteiger partial charge in [-0.15, -0.1) is 0 Å². The molecule has 1 saturated carbocycles. The van der Waals surface area contributed by atoms with Gasteiger partial charge in [-0.3, -0.25) is 9.59 Å². The standard InChI is InChI=1S/C22H26FN7O3/c1-24-19-11-18(26-17-3-2-8-29(22(17)32)13-6-9-33-10-7-13)28-20-14(12-25-30(19)20)21(31)27-16-5-4-15(16)23/h2-3,8,11-13,15-16,24H,4-7,9-10H2,1H3,(H,26,28)(H,27,31)/t15-,16+/m0/s1. The Hall–Kier alpha value is -3.47. The molecule has 5 rings (SSSR count). The van der Waals surface area contributed by atoms with Crippen molar-refractivity contribution in [2.45, 2.75) is 43.9 Å². The van der Waals surface area contributed by atoms with Crippen molar-refractivity contribution in [2.24, 2.45) is 0 Å². The summed E-state index contributed by atoms with van der Waals surface area (Å²) in [6, 6.07) is 4.83. The van der Waals surface area contributed by atoms with E-state index in [0.717, 1.165) is 12.8 Å². The van der Waals surface area contributed by atoms with Gasteiger partial charge < -0.3 is 25.3 Å². The van der Waals surface area contributed by atoms with E-state index in [1.807, 2.05) is 6.07 Å². The predicted molar refractivity (Wildman–Crippen MR) is 121 cm³/mol. The first kappa shape index (κ1) is 21.4. The lowest BCUT2D eigenvalue weighted by Gasteiger charge is -2.30. The molecule has 1 amide bonds. The maximum atomic E-state index is 13.6. The molecule has 11 heteroatoms. The van der Waals surface area contributed by atoms with Crippen LogP contribution in [0.2, 0.25) is 0 Å². The second-order valence-electron chi connectivity index (χ2n) is 8.35. The molecular formula is C22H26FN7O3. The number of amides is 1. The van der Waals surface area contributed by atoms with E-state index in [1.165, 1.54) is 10.7 Å². The highest BCUT2D eigenvalue weighted by Crippen LogP contribution is 2.25. The van der Waals surface area contributed by atoms with Gasteiger partial charge in [-0.05, 0) is 37.8 Å². The molecule has 1 aliphatic carbocycles. The number of hydrogen-bond donors (Lipinski definition) is 3. The van der Waals surface area contributed by atoms with Crippen LogP contribution in [0.1, 0.15) is 42.1 Å². The van der Waals surface area contributed by atoms with Crippen LogP contribution in [0.4, 0.5) is 21.7 Å². The predicted octanol–water partition coefficient (Wildman–Crippen LogP) is 2.26. The Balaban J connectivity index is 1.46. The Labute approximate surface area is 189 Å². The summed E-state index contributed by atoms with van der Waals surface area (Å²) in [6.45, 7) is 1.27. The van der Waals surface area contributed by atoms with Crippen molar-refractivity contribution in [3.05, 3.63) is 46.5 Å². The van der Waals surface area contributed by atoms with Crippen LogP contribution in [0.3, 0.4) is 0 Å². The van der Waals surface area contributed by atoms with E-state index in [-0.39, 0.29) is 17.2 Å². The Bertz CT molecular complexity index is 1230. The lowest BCUT2D eigenvalue weighted by atomic mass is 9.90. The minimum Gasteiger partial charge on any atom is -0.381 e. The summed E-state index contributed by atoms with van der Waals surface area (Å²) in [5.41, 5.74) is 0.768. The first-order chi connectivity index (χ1) is 16.0. The molecule has 0 aromatic carbocycles. The molecule has 4 heterocycles. The molecule has 1 aliphatic heterocycles. The molecule has 0 bridgehead atoms. The van der Waals surface area contributed by atoms with Crippen LogP contribution in [0.15, 0.2) is 35.4 Å². The van der Waals surface area contributed by atoms with Crippen LogP contribution < -0.4 is 21.5 Å². The Kier molecular flexibility index (Phi) is 5.71. The van der Waals surface area contributed by atoms with Crippen LogP contribution in [0, 0.1) is 0 Å². The van der Waals surface area contributed by atoms with Gasteiger partial charge in [0.05, 0.1) is 12.2 Å². The van der Waals surface area contributed by atoms with E-state index in [9.17, 15) is 14.0 Å². The number of rotatable bonds is 6. The van der Waals surface area contributed by atoms with Crippen molar-refractivity contribution >= 4 is 28.9 Å². The number of carbonyl (C=O) groups excluding carboxylic acids is 1. The molecule has 1 saturated heterocycles. The maximum Gasteiger partial charge on any atom is 0.274 e. The second kappa shape index (κ2) is 8.81. The van der Waals surface area contributed by atoms with Gasteiger partial charge in [-0.2, -0.15) is 9.61 Å². The molecule has 3 aromatic rings. The van der Waals surface area contributed by atoms with E-state index in [0.29, 0.717) is 49.0 Å². The van der Waals surface area contributed by atoms with E-state index in [1.54, 1.807) is 29.9 Å². The average molecular weight is 455 g/mol. The molecule has 2 fully saturated rings. The number of aromatic nitrogens is 4. The molecule has 10 nitrogen and oxygen atoms in total. The number of nitrogens with one attached hydrogen (secondary N) is 3. The van der Waals surface area contributed by atoms with Gasteiger partial charge in [0.25, 0.3) is 11.5 Å². The zero-order chi connectivity index (χ0) is 22.9. The van der Waals surface area contributed by atoms with Crippen molar-refractivity contribution in [1.82, 2.24) is 24.5 Å². The normalized spacial score (nSPS) is 20.9. The van der Waals surface area contributed by atoms with Gasteiger partial charge in [0, 0.05) is 38.6 Å². The molecular weight excluding hydrogens is 429 g/mol. The minimum absolute atomic E-state index is 0.0901. The fourth-order valence-electron chi connectivity index (χ4n) is 4.23. The number of ether oxygens (including phenoxy) is 1. The molecule has 3 N–H and O–H groups in total. The van der Waals surface area contributed by atoms with Crippen LogP contribution in [-0.2, 0) is 4.74 Å². The molecule has 33 heavy (non-hydrogen) atoms. The highest BCUT2D eigenvalue weighted by atomic mass is 19.1. The number of halogens is 1. The average Bonchev–Trinajstić information content (AvgIpc) is 3.27. The van der Waals surface area contributed by atoms with Gasteiger partial charge in [0.15, 0.2) is 5.65 Å². The van der Waals surface area contributed by atoms with Crippen LogP contribution in [0.25, 0.3) is 5.65 Å². The van der Waals surface area contributed by atoms with Crippen molar-refractivity contribution in [3.63, 3.8) is 0 Å². The molecule has 3 aromatic heterocycles. The number of fused-ring (bicyclic) bond motifs is 1. The molecule has 2 atom stereocenters. The third kappa shape index (κ3) is 4.04. The highest BCUT2D eigenvalue weighted by Gasteiger charge is 2.33. The largest absolute Gasteiger partial charge is 0.381 e. The first-order valence-corrected chi connectivity index (χ1v) is 11.1. The summed E-state index contributed by atoms with van der Waals surface area (Å²) in [7, 11) is 1.72. The summed E-state index contributed by atoms with van der Waals surface area (Å²) in [6.07, 6.45) is 4.81. The molecule has 0 radical (unpaired) electrons. The number of nitrogens with zero attached hydrogens (tertiary/aromatic N) is 4. The zero-order valence-electron chi connectivity index (χ0n) is 18.3. The Morgan fingerprint density at radius 1 is 1.24 bits per heavy atom. The smallest absolute Gasteiger partial charge is 0.274 e. The third-order valence-corrected chi connectivity index (χ3v) is 6.30. The summed E-state index contributed by atoms with van der Waals surface area (Å²) in [5.74, 6) is 0.537. The van der Waals surface area contributed by atoms with E-state index in [4.69, 9.17) is 4.74 Å². The molecule has 0 unspecified atom stereocenters. The fraction of sp³-hybridized carbons (Fsp3) is 0.455. The zero-order valence-corrected chi connectivity index (χ0v) is 18.3. The Morgan fingerprint density at radius 2 is 2.06 bits per heavy atom. The second-order valence-corrected chi connectivity index (χ2v) is 8.35. The fourth-order valence-corrected chi connectivity index (χ4v) is 4.23. The van der Waals surface area contributed by atoms with Crippen LogP contribution >= 0.6 is 0 Å². The molecule has 174 valence electrons. The van der Waals surface area contributed by atoms with Crippen molar-refractivity contribution in [1.29, 1.82) is 0 Å². The van der Waals surface area contributed by atoms with Gasteiger partial charge in [0.2, 0.25) is 0 Å². The minimum atomic E-state index is -1.02. The summed E-state index contributed by atoms with van der Waals surface area (Å²) < 4.78 is 22.3. The van der Waals surface area contributed by atoms with Crippen molar-refractivity contribution < 1.29 is 13.9 Å². The van der Waals surface area contributed by atoms with Gasteiger partial charge >= 0.3 is 0 Å². The third-order valence-electron chi connectivity index (χ3n) is 6.30. The van der Waals surface area contributed by atoms with Crippen molar-refractivity contribution in [3.8, 4) is 0 Å². The highest BCUT2D eigenvalue weighted by molar-refractivity contribution is 6.00. The number of carbonyl (C=O) groups is 1.